The first-order valence-electron chi connectivity index (χ1n) is 9.13. The third-order valence-corrected chi connectivity index (χ3v) is 4.63. The summed E-state index contributed by atoms with van der Waals surface area (Å²) in [5.41, 5.74) is 3.18. The lowest BCUT2D eigenvalue weighted by Gasteiger charge is -2.16. The van der Waals surface area contributed by atoms with Gasteiger partial charge in [0.2, 0.25) is 0 Å². The van der Waals surface area contributed by atoms with Crippen LogP contribution in [0, 0.1) is 48.1 Å². The van der Waals surface area contributed by atoms with E-state index in [-0.39, 0.29) is 24.4 Å². The average Bonchev–Trinajstić information content (AvgIpc) is 2.75. The van der Waals surface area contributed by atoms with Gasteiger partial charge in [-0.05, 0) is 48.7 Å². The molecule has 5 nitrogen and oxygen atoms in total. The number of pyridine rings is 1. The van der Waals surface area contributed by atoms with E-state index in [0.29, 0.717) is 17.0 Å². The molecule has 7 heteroatoms. The number of halogens is 2. The molecule has 0 aliphatic carbocycles. The van der Waals surface area contributed by atoms with Crippen LogP contribution in [0.25, 0.3) is 0 Å². The van der Waals surface area contributed by atoms with Crippen molar-refractivity contribution in [3.8, 4) is 17.9 Å². The molecule has 0 bridgehead atoms. The molecule has 3 rings (SSSR count). The fraction of sp³-hybridized carbons (Fsp3) is 0.174. The quantitative estimate of drug-likeness (QED) is 0.631. The highest BCUT2D eigenvalue weighted by Gasteiger charge is 2.14. The molecule has 0 aliphatic rings. The van der Waals surface area contributed by atoms with E-state index in [0.717, 1.165) is 28.8 Å². The topological polar surface area (TPSA) is 81.7 Å². The molecule has 1 aromatic heterocycles. The summed E-state index contributed by atoms with van der Waals surface area (Å²) in [7, 11) is 0. The number of nitrogens with one attached hydrogen (secondary N) is 1. The monoisotopic (exact) mass is 404 g/mol. The zero-order valence-electron chi connectivity index (χ0n) is 16.5. The lowest BCUT2D eigenvalue weighted by Crippen LogP contribution is -2.08. The molecule has 3 aromatic rings. The summed E-state index contributed by atoms with van der Waals surface area (Å²) in [5, 5.41) is 20.8. The number of nitrogens with zero attached hydrogens (tertiary/aromatic N) is 3. The molecule has 0 unspecified atom stereocenters. The Bertz CT molecular complexity index is 1180. The van der Waals surface area contributed by atoms with Crippen LogP contribution in [0.3, 0.4) is 0 Å². The van der Waals surface area contributed by atoms with Crippen LogP contribution < -0.4 is 10.1 Å². The maximum atomic E-state index is 14.3. The van der Waals surface area contributed by atoms with E-state index in [2.05, 4.69) is 16.4 Å². The molecule has 0 atom stereocenters. The summed E-state index contributed by atoms with van der Waals surface area (Å²) in [6.45, 7) is 4.11. The van der Waals surface area contributed by atoms with E-state index in [1.54, 1.807) is 30.5 Å². The second-order valence-electron chi connectivity index (χ2n) is 6.70. The van der Waals surface area contributed by atoms with E-state index < -0.39 is 11.6 Å². The van der Waals surface area contributed by atoms with Crippen molar-refractivity contribution in [1.82, 2.24) is 4.98 Å². The summed E-state index contributed by atoms with van der Waals surface area (Å²) in [5.74, 6) is -0.905. The standard InChI is InChI=1S/C23H18F2N4O/c1-14-19(12-29-21-8-20(24)7-18(10-27)22(21)25)11-28-15(2)23(14)30-13-17-5-3-4-16(6-17)9-26/h3-8,11,29H,12-13H2,1-2H3. The van der Waals surface area contributed by atoms with Crippen molar-refractivity contribution in [2.24, 2.45) is 0 Å². The van der Waals surface area contributed by atoms with Crippen molar-refractivity contribution in [2.75, 3.05) is 5.32 Å². The average molecular weight is 404 g/mol. The van der Waals surface area contributed by atoms with Crippen molar-refractivity contribution >= 4 is 5.69 Å². The van der Waals surface area contributed by atoms with Gasteiger partial charge in [0.1, 0.15) is 24.2 Å². The second kappa shape index (κ2) is 9.02. The maximum absolute atomic E-state index is 14.3. The van der Waals surface area contributed by atoms with E-state index in [4.69, 9.17) is 15.3 Å². The van der Waals surface area contributed by atoms with Crippen molar-refractivity contribution < 1.29 is 13.5 Å². The number of rotatable bonds is 6. The number of hydrogen-bond donors (Lipinski definition) is 1. The van der Waals surface area contributed by atoms with Crippen LogP contribution in [-0.4, -0.2) is 4.98 Å². The highest BCUT2D eigenvalue weighted by molar-refractivity contribution is 5.52. The van der Waals surface area contributed by atoms with Gasteiger partial charge in [-0.1, -0.05) is 12.1 Å². The lowest BCUT2D eigenvalue weighted by atomic mass is 10.1. The van der Waals surface area contributed by atoms with Gasteiger partial charge in [-0.2, -0.15) is 10.5 Å². The molecule has 0 radical (unpaired) electrons. The molecule has 0 aliphatic heterocycles. The Morgan fingerprint density at radius 1 is 1.10 bits per heavy atom. The molecule has 1 heterocycles. The van der Waals surface area contributed by atoms with Gasteiger partial charge < -0.3 is 10.1 Å². The predicted molar refractivity (Wildman–Crippen MR) is 108 cm³/mol. The molecule has 150 valence electrons. The van der Waals surface area contributed by atoms with Crippen LogP contribution in [0.1, 0.15) is 33.5 Å². The minimum absolute atomic E-state index is 0.0951. The fourth-order valence-electron chi connectivity index (χ4n) is 3.01. The molecule has 0 amide bonds. The molecular formula is C23H18F2N4O. The minimum Gasteiger partial charge on any atom is -0.487 e. The van der Waals surface area contributed by atoms with Gasteiger partial charge in [-0.15, -0.1) is 0 Å². The van der Waals surface area contributed by atoms with Gasteiger partial charge in [0, 0.05) is 18.8 Å². The number of nitriles is 2. The third kappa shape index (κ3) is 4.53. The number of benzene rings is 2. The summed E-state index contributed by atoms with van der Waals surface area (Å²) >= 11 is 0. The van der Waals surface area contributed by atoms with E-state index in [9.17, 15) is 8.78 Å². The van der Waals surface area contributed by atoms with Crippen LogP contribution >= 0.6 is 0 Å². The smallest absolute Gasteiger partial charge is 0.164 e. The number of aromatic nitrogens is 1. The Kier molecular flexibility index (Phi) is 6.24. The normalized spacial score (nSPS) is 10.2. The van der Waals surface area contributed by atoms with Gasteiger partial charge in [-0.3, -0.25) is 4.98 Å². The molecule has 1 N–H and O–H groups in total. The van der Waals surface area contributed by atoms with Crippen molar-refractivity contribution in [2.45, 2.75) is 27.0 Å². The summed E-state index contributed by atoms with van der Waals surface area (Å²) in [6.07, 6.45) is 1.64. The molecule has 0 fully saturated rings. The first-order chi connectivity index (χ1) is 14.4. The van der Waals surface area contributed by atoms with Crippen LogP contribution in [-0.2, 0) is 13.2 Å². The number of aryl methyl sites for hydroxylation is 1. The van der Waals surface area contributed by atoms with E-state index in [1.165, 1.54) is 0 Å². The van der Waals surface area contributed by atoms with Crippen LogP contribution in [0.2, 0.25) is 0 Å². The molecule has 30 heavy (non-hydrogen) atoms. The van der Waals surface area contributed by atoms with Crippen molar-refractivity contribution in [1.29, 1.82) is 10.5 Å². The highest BCUT2D eigenvalue weighted by atomic mass is 19.1. The van der Waals surface area contributed by atoms with Gasteiger partial charge in [0.05, 0.1) is 28.6 Å². The van der Waals surface area contributed by atoms with Crippen LogP contribution in [0.15, 0.2) is 42.6 Å². The Morgan fingerprint density at radius 3 is 2.63 bits per heavy atom. The number of anilines is 1. The molecule has 0 saturated carbocycles. The summed E-state index contributed by atoms with van der Waals surface area (Å²) in [4.78, 5) is 4.33. The molecular weight excluding hydrogens is 386 g/mol. The Balaban J connectivity index is 1.79. The highest BCUT2D eigenvalue weighted by Crippen LogP contribution is 2.27. The number of ether oxygens (including phenoxy) is 1. The predicted octanol–water partition coefficient (Wildman–Crippen LogP) is 4.91. The fourth-order valence-corrected chi connectivity index (χ4v) is 3.01. The Morgan fingerprint density at radius 2 is 1.90 bits per heavy atom. The van der Waals surface area contributed by atoms with Gasteiger partial charge in [-0.25, -0.2) is 8.78 Å². The summed E-state index contributed by atoms with van der Waals surface area (Å²) in [6, 6.07) is 12.7. The van der Waals surface area contributed by atoms with Gasteiger partial charge >= 0.3 is 0 Å². The van der Waals surface area contributed by atoms with Crippen molar-refractivity contribution in [3.05, 3.63) is 87.7 Å². The van der Waals surface area contributed by atoms with E-state index >= 15 is 0 Å². The van der Waals surface area contributed by atoms with E-state index in [1.807, 2.05) is 19.9 Å². The zero-order chi connectivity index (χ0) is 21.7. The van der Waals surface area contributed by atoms with Crippen LogP contribution in [0.4, 0.5) is 14.5 Å². The second-order valence-corrected chi connectivity index (χ2v) is 6.70. The first-order valence-corrected chi connectivity index (χ1v) is 9.13. The SMILES string of the molecule is Cc1ncc(CNc2cc(F)cc(C#N)c2F)c(C)c1OCc1cccc(C#N)c1. The van der Waals surface area contributed by atoms with Crippen molar-refractivity contribution in [3.63, 3.8) is 0 Å². The Labute approximate surface area is 173 Å². The lowest BCUT2D eigenvalue weighted by molar-refractivity contribution is 0.300. The molecule has 0 spiro atoms. The summed E-state index contributed by atoms with van der Waals surface area (Å²) < 4.78 is 33.8. The van der Waals surface area contributed by atoms with Gasteiger partial charge in [0.25, 0.3) is 0 Å². The molecule has 2 aromatic carbocycles. The van der Waals surface area contributed by atoms with Gasteiger partial charge in [0.15, 0.2) is 5.82 Å². The minimum atomic E-state index is -0.800. The Hall–Kier alpha value is -3.97. The molecule has 0 saturated heterocycles. The van der Waals surface area contributed by atoms with Crippen LogP contribution in [0.5, 0.6) is 5.75 Å². The zero-order valence-corrected chi connectivity index (χ0v) is 16.5. The third-order valence-electron chi connectivity index (χ3n) is 4.63. The number of hydrogen-bond acceptors (Lipinski definition) is 5. The largest absolute Gasteiger partial charge is 0.487 e. The maximum Gasteiger partial charge on any atom is 0.164 e. The first kappa shape index (κ1) is 20.8.